The lowest BCUT2D eigenvalue weighted by Gasteiger charge is -2.36. The summed E-state index contributed by atoms with van der Waals surface area (Å²) in [4.78, 5) is 15.2. The molecule has 1 aliphatic carbocycles. The Morgan fingerprint density at radius 1 is 1.03 bits per heavy atom. The maximum Gasteiger partial charge on any atom is 0.243 e. The first kappa shape index (κ1) is 20.8. The van der Waals surface area contributed by atoms with Gasteiger partial charge in [0.25, 0.3) is 0 Å². The fraction of sp³-hybridized carbons (Fsp3) is 0.682. The van der Waals surface area contributed by atoms with Crippen molar-refractivity contribution in [2.75, 3.05) is 32.8 Å². The Hall–Kier alpha value is -1.44. The minimum Gasteiger partial charge on any atom is -0.378 e. The summed E-state index contributed by atoms with van der Waals surface area (Å²) < 4.78 is 33.4. The van der Waals surface area contributed by atoms with Crippen LogP contribution in [0.5, 0.6) is 0 Å². The molecule has 4 rings (SSSR count). The number of rotatable bonds is 5. The molecular formula is C22H32N2O4S. The lowest BCUT2D eigenvalue weighted by molar-refractivity contribution is -0.139. The minimum absolute atomic E-state index is 0.0647. The highest BCUT2D eigenvalue weighted by atomic mass is 32.2. The van der Waals surface area contributed by atoms with E-state index < -0.39 is 10.0 Å². The van der Waals surface area contributed by atoms with Crippen LogP contribution >= 0.6 is 0 Å². The van der Waals surface area contributed by atoms with Crippen LogP contribution in [0.25, 0.3) is 0 Å². The molecule has 3 aliphatic rings. The number of piperidine rings is 2. The number of benzene rings is 1. The van der Waals surface area contributed by atoms with Crippen molar-refractivity contribution in [1.29, 1.82) is 0 Å². The second-order valence-electron chi connectivity index (χ2n) is 8.44. The molecule has 7 heteroatoms. The van der Waals surface area contributed by atoms with E-state index in [0.717, 1.165) is 51.8 Å². The molecule has 0 spiro atoms. The topological polar surface area (TPSA) is 66.9 Å². The SMILES string of the molecule is CCOC1CCN(C(=O)C2CCN(S(=O)(=O)c3ccc4c(c3)CCC4)CC2)CC1. The summed E-state index contributed by atoms with van der Waals surface area (Å²) in [7, 11) is -3.48. The Labute approximate surface area is 174 Å². The highest BCUT2D eigenvalue weighted by Crippen LogP contribution is 2.29. The number of sulfonamides is 1. The first-order chi connectivity index (χ1) is 14.0. The summed E-state index contributed by atoms with van der Waals surface area (Å²) in [5.74, 6) is 0.125. The molecular weight excluding hydrogens is 388 g/mol. The summed E-state index contributed by atoms with van der Waals surface area (Å²) in [5, 5.41) is 0. The Kier molecular flexibility index (Phi) is 6.27. The van der Waals surface area contributed by atoms with E-state index in [1.165, 1.54) is 11.1 Å². The molecule has 0 atom stereocenters. The zero-order chi connectivity index (χ0) is 20.4. The molecule has 0 aromatic heterocycles. The molecule has 2 aliphatic heterocycles. The van der Waals surface area contributed by atoms with Gasteiger partial charge in [-0.2, -0.15) is 4.31 Å². The van der Waals surface area contributed by atoms with Gasteiger partial charge in [0, 0.05) is 38.7 Å². The molecule has 2 saturated heterocycles. The predicted octanol–water partition coefficient (Wildman–Crippen LogP) is 2.60. The van der Waals surface area contributed by atoms with Gasteiger partial charge in [0.15, 0.2) is 0 Å². The normalized spacial score (nSPS) is 22.0. The van der Waals surface area contributed by atoms with Crippen molar-refractivity contribution in [2.24, 2.45) is 5.92 Å². The zero-order valence-corrected chi connectivity index (χ0v) is 18.1. The molecule has 0 N–H and O–H groups in total. The van der Waals surface area contributed by atoms with Crippen molar-refractivity contribution < 1.29 is 17.9 Å². The molecule has 160 valence electrons. The molecule has 1 aromatic rings. The second kappa shape index (κ2) is 8.74. The van der Waals surface area contributed by atoms with Crippen LogP contribution in [0.2, 0.25) is 0 Å². The Morgan fingerprint density at radius 3 is 2.41 bits per heavy atom. The van der Waals surface area contributed by atoms with E-state index in [4.69, 9.17) is 4.74 Å². The first-order valence-electron chi connectivity index (χ1n) is 11.0. The van der Waals surface area contributed by atoms with Crippen LogP contribution in [0.4, 0.5) is 0 Å². The van der Waals surface area contributed by atoms with Crippen LogP contribution in [0.3, 0.4) is 0 Å². The van der Waals surface area contributed by atoms with Gasteiger partial charge >= 0.3 is 0 Å². The predicted molar refractivity (Wildman–Crippen MR) is 111 cm³/mol. The van der Waals surface area contributed by atoms with E-state index in [0.29, 0.717) is 30.8 Å². The van der Waals surface area contributed by atoms with Crippen LogP contribution in [0, 0.1) is 5.92 Å². The van der Waals surface area contributed by atoms with Gasteiger partial charge in [-0.1, -0.05) is 6.07 Å². The van der Waals surface area contributed by atoms with Gasteiger partial charge in [0.1, 0.15) is 0 Å². The lowest BCUT2D eigenvalue weighted by atomic mass is 9.95. The number of amides is 1. The monoisotopic (exact) mass is 420 g/mol. The summed E-state index contributed by atoms with van der Waals surface area (Å²) in [6, 6.07) is 5.58. The van der Waals surface area contributed by atoms with Gasteiger partial charge in [-0.05, 0) is 75.1 Å². The number of carbonyl (C=O) groups excluding carboxylic acids is 1. The quantitative estimate of drug-likeness (QED) is 0.734. The van der Waals surface area contributed by atoms with Crippen LogP contribution in [0.1, 0.15) is 50.2 Å². The van der Waals surface area contributed by atoms with Crippen molar-refractivity contribution in [3.8, 4) is 0 Å². The van der Waals surface area contributed by atoms with Crippen LogP contribution < -0.4 is 0 Å². The van der Waals surface area contributed by atoms with Crippen molar-refractivity contribution in [1.82, 2.24) is 9.21 Å². The van der Waals surface area contributed by atoms with E-state index in [-0.39, 0.29) is 17.9 Å². The van der Waals surface area contributed by atoms with Crippen LogP contribution in [-0.2, 0) is 32.4 Å². The Bertz CT molecular complexity index is 838. The number of fused-ring (bicyclic) bond motifs is 1. The fourth-order valence-electron chi connectivity index (χ4n) is 4.94. The number of aryl methyl sites for hydroxylation is 2. The molecule has 0 unspecified atom stereocenters. The smallest absolute Gasteiger partial charge is 0.243 e. The van der Waals surface area contributed by atoms with E-state index in [1.807, 2.05) is 24.0 Å². The third kappa shape index (κ3) is 4.37. The van der Waals surface area contributed by atoms with Crippen molar-refractivity contribution >= 4 is 15.9 Å². The molecule has 2 heterocycles. The van der Waals surface area contributed by atoms with Crippen molar-refractivity contribution in [2.45, 2.75) is 62.9 Å². The Balaban J connectivity index is 1.34. The summed E-state index contributed by atoms with van der Waals surface area (Å²) in [5.41, 5.74) is 2.45. The van der Waals surface area contributed by atoms with E-state index in [1.54, 1.807) is 10.4 Å². The average Bonchev–Trinajstić information content (AvgIpc) is 3.22. The van der Waals surface area contributed by atoms with E-state index in [9.17, 15) is 13.2 Å². The minimum atomic E-state index is -3.48. The number of carbonyl (C=O) groups is 1. The standard InChI is InChI=1S/C22H32N2O4S/c1-2-28-20-10-12-23(13-11-20)22(25)18-8-14-24(15-9-18)29(26,27)21-7-6-17-4-3-5-19(17)16-21/h6-7,16,18,20H,2-5,8-15H2,1H3. The number of ether oxygens (including phenoxy) is 1. The van der Waals surface area contributed by atoms with Crippen LogP contribution in [0.15, 0.2) is 23.1 Å². The zero-order valence-electron chi connectivity index (χ0n) is 17.3. The van der Waals surface area contributed by atoms with Gasteiger partial charge < -0.3 is 9.64 Å². The number of nitrogens with zero attached hydrogens (tertiary/aromatic N) is 2. The average molecular weight is 421 g/mol. The molecule has 0 bridgehead atoms. The molecule has 0 saturated carbocycles. The molecule has 2 fully saturated rings. The molecule has 29 heavy (non-hydrogen) atoms. The van der Waals surface area contributed by atoms with Crippen molar-refractivity contribution in [3.05, 3.63) is 29.3 Å². The van der Waals surface area contributed by atoms with Crippen molar-refractivity contribution in [3.63, 3.8) is 0 Å². The molecule has 0 radical (unpaired) electrons. The lowest BCUT2D eigenvalue weighted by Crippen LogP contribution is -2.47. The number of likely N-dealkylation sites (tertiary alicyclic amines) is 1. The number of hydrogen-bond acceptors (Lipinski definition) is 4. The van der Waals surface area contributed by atoms with Gasteiger partial charge in [0.05, 0.1) is 11.0 Å². The third-order valence-electron chi connectivity index (χ3n) is 6.67. The summed E-state index contributed by atoms with van der Waals surface area (Å²) >= 11 is 0. The van der Waals surface area contributed by atoms with Crippen LogP contribution in [-0.4, -0.2) is 62.4 Å². The van der Waals surface area contributed by atoms with Gasteiger partial charge in [-0.15, -0.1) is 0 Å². The van der Waals surface area contributed by atoms with Gasteiger partial charge in [0.2, 0.25) is 15.9 Å². The van der Waals surface area contributed by atoms with E-state index >= 15 is 0 Å². The molecule has 6 nitrogen and oxygen atoms in total. The van der Waals surface area contributed by atoms with Gasteiger partial charge in [-0.3, -0.25) is 4.79 Å². The van der Waals surface area contributed by atoms with Gasteiger partial charge in [-0.25, -0.2) is 8.42 Å². The molecule has 1 aromatic carbocycles. The summed E-state index contributed by atoms with van der Waals surface area (Å²) in [6.07, 6.45) is 6.39. The third-order valence-corrected chi connectivity index (χ3v) is 8.56. The largest absolute Gasteiger partial charge is 0.378 e. The maximum absolute atomic E-state index is 13.1. The van der Waals surface area contributed by atoms with E-state index in [2.05, 4.69) is 0 Å². The highest BCUT2D eigenvalue weighted by Gasteiger charge is 2.35. The number of hydrogen-bond donors (Lipinski definition) is 0. The summed E-state index contributed by atoms with van der Waals surface area (Å²) in [6.45, 7) is 5.06. The molecule has 1 amide bonds. The fourth-order valence-corrected chi connectivity index (χ4v) is 6.46. The second-order valence-corrected chi connectivity index (χ2v) is 10.4. The maximum atomic E-state index is 13.1. The first-order valence-corrected chi connectivity index (χ1v) is 12.5. The highest BCUT2D eigenvalue weighted by molar-refractivity contribution is 7.89. The Morgan fingerprint density at radius 2 is 1.72 bits per heavy atom.